The molecule has 0 saturated carbocycles. The number of carbonyl (C=O) groups is 2. The summed E-state index contributed by atoms with van der Waals surface area (Å²) in [6.45, 7) is 3.40. The van der Waals surface area contributed by atoms with Crippen molar-refractivity contribution in [2.75, 3.05) is 10.8 Å². The zero-order valence-corrected chi connectivity index (χ0v) is 23.6. The van der Waals surface area contributed by atoms with Gasteiger partial charge in [-0.15, -0.1) is 0 Å². The van der Waals surface area contributed by atoms with E-state index in [1.165, 1.54) is 39.9 Å². The SMILES string of the molecule is CCN(c1ccc(Cl)cc1CN(Cc1ccco1)C(=O)c1ccco1)S(=O)(=O)c1ccc2oc(C(=O)O)c(C)c2c1. The second-order valence-corrected chi connectivity index (χ2v) is 11.5. The summed E-state index contributed by atoms with van der Waals surface area (Å²) >= 11 is 6.35. The van der Waals surface area contributed by atoms with Gasteiger partial charge in [-0.25, -0.2) is 13.2 Å². The highest BCUT2D eigenvalue weighted by Crippen LogP contribution is 2.33. The van der Waals surface area contributed by atoms with Gasteiger partial charge in [0.25, 0.3) is 15.9 Å². The molecule has 3 aromatic heterocycles. The van der Waals surface area contributed by atoms with E-state index >= 15 is 0 Å². The van der Waals surface area contributed by atoms with Gasteiger partial charge in [-0.1, -0.05) is 11.6 Å². The van der Waals surface area contributed by atoms with Gasteiger partial charge in [-0.05, 0) is 80.1 Å². The normalized spacial score (nSPS) is 11.6. The summed E-state index contributed by atoms with van der Waals surface area (Å²) in [5, 5.41) is 10.1. The van der Waals surface area contributed by atoms with E-state index in [1.807, 2.05) is 0 Å². The molecule has 3 heterocycles. The Hall–Kier alpha value is -4.48. The van der Waals surface area contributed by atoms with E-state index in [0.717, 1.165) is 0 Å². The number of halogens is 1. The van der Waals surface area contributed by atoms with E-state index in [2.05, 4.69) is 0 Å². The standard InChI is InChI=1S/C29H25ClN2O8S/c1-3-32(41(36,37)22-9-11-25-23(15-22)18(2)27(40-25)29(34)35)24-10-8-20(30)14-19(24)16-31(17-21-6-4-12-38-21)28(33)26-7-5-13-39-26/h4-15H,3,16-17H2,1-2H3,(H,34,35). The molecule has 0 saturated heterocycles. The monoisotopic (exact) mass is 596 g/mol. The van der Waals surface area contributed by atoms with Crippen LogP contribution in [-0.2, 0) is 23.1 Å². The number of fused-ring (bicyclic) bond motifs is 1. The highest BCUT2D eigenvalue weighted by atomic mass is 35.5. The maximum Gasteiger partial charge on any atom is 0.372 e. The van der Waals surface area contributed by atoms with Crippen molar-refractivity contribution in [3.8, 4) is 0 Å². The predicted molar refractivity (Wildman–Crippen MR) is 151 cm³/mol. The number of furan rings is 3. The quantitative estimate of drug-likeness (QED) is 0.197. The summed E-state index contributed by atoms with van der Waals surface area (Å²) in [5.41, 5.74) is 1.39. The van der Waals surface area contributed by atoms with E-state index in [1.54, 1.807) is 56.3 Å². The fourth-order valence-electron chi connectivity index (χ4n) is 4.64. The molecule has 41 heavy (non-hydrogen) atoms. The number of nitrogens with zero attached hydrogens (tertiary/aromatic N) is 2. The highest BCUT2D eigenvalue weighted by Gasteiger charge is 2.29. The van der Waals surface area contributed by atoms with Crippen LogP contribution >= 0.6 is 11.6 Å². The third-order valence-corrected chi connectivity index (χ3v) is 8.71. The molecule has 10 nitrogen and oxygen atoms in total. The van der Waals surface area contributed by atoms with Crippen LogP contribution in [0.25, 0.3) is 11.0 Å². The molecular formula is C29H25ClN2O8S. The lowest BCUT2D eigenvalue weighted by molar-refractivity contribution is 0.0661. The number of aryl methyl sites for hydroxylation is 1. The molecule has 2 aromatic carbocycles. The lowest BCUT2D eigenvalue weighted by Gasteiger charge is -2.28. The van der Waals surface area contributed by atoms with Crippen molar-refractivity contribution in [2.45, 2.75) is 31.8 Å². The maximum absolute atomic E-state index is 14.0. The average Bonchev–Trinajstić information content (AvgIpc) is 3.71. The summed E-state index contributed by atoms with van der Waals surface area (Å²) in [5.74, 6) is -1.27. The Morgan fingerprint density at radius 1 is 0.976 bits per heavy atom. The molecule has 1 amide bonds. The third-order valence-electron chi connectivity index (χ3n) is 6.59. The van der Waals surface area contributed by atoms with Gasteiger partial charge in [0.15, 0.2) is 5.76 Å². The smallest absolute Gasteiger partial charge is 0.372 e. The van der Waals surface area contributed by atoms with Gasteiger partial charge in [-0.2, -0.15) is 0 Å². The third kappa shape index (κ3) is 5.46. The lowest BCUT2D eigenvalue weighted by Crippen LogP contribution is -2.34. The van der Waals surface area contributed by atoms with Crippen molar-refractivity contribution in [1.82, 2.24) is 4.90 Å². The summed E-state index contributed by atoms with van der Waals surface area (Å²) in [6.07, 6.45) is 2.89. The number of anilines is 1. The first-order valence-corrected chi connectivity index (χ1v) is 14.3. The number of benzene rings is 2. The lowest BCUT2D eigenvalue weighted by atomic mass is 10.1. The first-order chi connectivity index (χ1) is 19.6. The van der Waals surface area contributed by atoms with Gasteiger partial charge in [0, 0.05) is 29.1 Å². The Labute approximate surface area is 240 Å². The van der Waals surface area contributed by atoms with E-state index in [-0.39, 0.29) is 41.6 Å². The number of hydrogen-bond acceptors (Lipinski definition) is 7. The van der Waals surface area contributed by atoms with Gasteiger partial charge in [0.05, 0.1) is 29.7 Å². The summed E-state index contributed by atoms with van der Waals surface area (Å²) in [6, 6.07) is 15.6. The van der Waals surface area contributed by atoms with Crippen molar-refractivity contribution < 1.29 is 36.4 Å². The van der Waals surface area contributed by atoms with Crippen LogP contribution in [0.15, 0.2) is 91.3 Å². The fraction of sp³-hybridized carbons (Fsp3) is 0.172. The molecule has 1 N–H and O–H groups in total. The summed E-state index contributed by atoms with van der Waals surface area (Å²) < 4.78 is 45.4. The Morgan fingerprint density at radius 2 is 1.73 bits per heavy atom. The maximum atomic E-state index is 14.0. The second kappa shape index (κ2) is 11.2. The number of carbonyl (C=O) groups excluding carboxylic acids is 1. The molecular weight excluding hydrogens is 572 g/mol. The van der Waals surface area contributed by atoms with E-state index in [0.29, 0.717) is 33.0 Å². The van der Waals surface area contributed by atoms with Gasteiger partial charge >= 0.3 is 5.97 Å². The summed E-state index contributed by atoms with van der Waals surface area (Å²) in [7, 11) is -4.15. The minimum atomic E-state index is -4.15. The fourth-order valence-corrected chi connectivity index (χ4v) is 6.37. The largest absolute Gasteiger partial charge is 0.475 e. The van der Waals surface area contributed by atoms with Crippen molar-refractivity contribution in [3.05, 3.63) is 107 Å². The highest BCUT2D eigenvalue weighted by molar-refractivity contribution is 7.92. The van der Waals surface area contributed by atoms with Crippen molar-refractivity contribution in [3.63, 3.8) is 0 Å². The molecule has 0 aliphatic heterocycles. The van der Waals surface area contributed by atoms with Crippen LogP contribution < -0.4 is 4.31 Å². The van der Waals surface area contributed by atoms with E-state index < -0.39 is 21.9 Å². The van der Waals surface area contributed by atoms with Gasteiger partial charge in [0.2, 0.25) is 5.76 Å². The Balaban J connectivity index is 1.55. The van der Waals surface area contributed by atoms with Crippen LogP contribution in [0, 0.1) is 6.92 Å². The van der Waals surface area contributed by atoms with Gasteiger partial charge in [0.1, 0.15) is 11.3 Å². The minimum absolute atomic E-state index is 0.00993. The molecule has 5 aromatic rings. The minimum Gasteiger partial charge on any atom is -0.475 e. The number of sulfonamides is 1. The first kappa shape index (κ1) is 28.1. The number of rotatable bonds is 10. The average molecular weight is 597 g/mol. The zero-order valence-electron chi connectivity index (χ0n) is 22.0. The molecule has 212 valence electrons. The van der Waals surface area contributed by atoms with Crippen LogP contribution in [0.2, 0.25) is 5.02 Å². The molecule has 0 spiro atoms. The van der Waals surface area contributed by atoms with Crippen LogP contribution in [0.1, 0.15) is 44.9 Å². The number of aromatic carboxylic acids is 1. The van der Waals surface area contributed by atoms with Gasteiger partial charge in [-0.3, -0.25) is 9.10 Å². The number of carboxylic acid groups (broad SMARTS) is 1. The predicted octanol–water partition coefficient (Wildman–Crippen LogP) is 6.34. The first-order valence-electron chi connectivity index (χ1n) is 12.5. The van der Waals surface area contributed by atoms with Crippen molar-refractivity contribution >= 4 is 50.2 Å². The summed E-state index contributed by atoms with van der Waals surface area (Å²) in [4.78, 5) is 26.3. The molecule has 0 bridgehead atoms. The van der Waals surface area contributed by atoms with Crippen LogP contribution in [0.4, 0.5) is 5.69 Å². The van der Waals surface area contributed by atoms with E-state index in [9.17, 15) is 23.1 Å². The Kier molecular flexibility index (Phi) is 7.65. The van der Waals surface area contributed by atoms with Crippen molar-refractivity contribution in [2.24, 2.45) is 0 Å². The van der Waals surface area contributed by atoms with Crippen LogP contribution in [0.3, 0.4) is 0 Å². The topological polar surface area (TPSA) is 134 Å². The molecule has 0 unspecified atom stereocenters. The van der Waals surface area contributed by atoms with Crippen molar-refractivity contribution in [1.29, 1.82) is 0 Å². The molecule has 0 aliphatic rings. The number of hydrogen-bond donors (Lipinski definition) is 1. The Bertz CT molecular complexity index is 1830. The van der Waals surface area contributed by atoms with Crippen LogP contribution in [0.5, 0.6) is 0 Å². The zero-order chi connectivity index (χ0) is 29.3. The molecule has 0 aliphatic carbocycles. The molecule has 0 radical (unpaired) electrons. The van der Waals surface area contributed by atoms with Crippen LogP contribution in [-0.4, -0.2) is 36.8 Å². The second-order valence-electron chi connectivity index (χ2n) is 9.18. The van der Waals surface area contributed by atoms with E-state index in [4.69, 9.17) is 24.9 Å². The molecule has 0 fully saturated rings. The number of amides is 1. The Morgan fingerprint density at radius 3 is 2.39 bits per heavy atom. The molecule has 0 atom stereocenters. The molecule has 12 heteroatoms. The van der Waals surface area contributed by atoms with Gasteiger partial charge < -0.3 is 23.3 Å². The molecule has 5 rings (SSSR count). The number of carboxylic acids is 1.